The molecule has 1 saturated heterocycles. The number of carbonyl (C=O) groups excluding carboxylic acids is 1. The van der Waals surface area contributed by atoms with Crippen molar-refractivity contribution in [3.8, 4) is 11.3 Å². The Balaban J connectivity index is 0.00000225. The Kier molecular flexibility index (Phi) is 6.46. The molecule has 25 heavy (non-hydrogen) atoms. The highest BCUT2D eigenvalue weighted by atomic mass is 35.5. The predicted octanol–water partition coefficient (Wildman–Crippen LogP) is 2.47. The molecule has 1 unspecified atom stereocenters. The molecule has 0 spiro atoms. The van der Waals surface area contributed by atoms with Gasteiger partial charge in [0, 0.05) is 30.9 Å². The number of aromatic nitrogens is 2. The largest absolute Gasteiger partial charge is 0.381 e. The summed E-state index contributed by atoms with van der Waals surface area (Å²) >= 11 is 0. The molecule has 1 aliphatic rings. The monoisotopic (exact) mass is 372 g/mol. The van der Waals surface area contributed by atoms with Crippen LogP contribution in [0.3, 0.4) is 0 Å². The molecule has 1 aliphatic heterocycles. The smallest absolute Gasteiger partial charge is 0.242 e. The van der Waals surface area contributed by atoms with Gasteiger partial charge in [0.05, 0.1) is 11.7 Å². The summed E-state index contributed by atoms with van der Waals surface area (Å²) in [5, 5.41) is 9.20. The second-order valence-corrected chi connectivity index (χ2v) is 5.79. The molecule has 6 nitrogen and oxygen atoms in total. The molecule has 4 N–H and O–H groups in total. The van der Waals surface area contributed by atoms with E-state index >= 15 is 0 Å². The Morgan fingerprint density at radius 3 is 2.52 bits per heavy atom. The second kappa shape index (κ2) is 8.37. The van der Waals surface area contributed by atoms with Crippen molar-refractivity contribution in [3.05, 3.63) is 35.9 Å². The van der Waals surface area contributed by atoms with E-state index in [2.05, 4.69) is 15.5 Å². The fourth-order valence-corrected chi connectivity index (χ4v) is 2.74. The van der Waals surface area contributed by atoms with Crippen LogP contribution < -0.4 is 11.1 Å². The highest BCUT2D eigenvalue weighted by Crippen LogP contribution is 2.23. The summed E-state index contributed by atoms with van der Waals surface area (Å²) in [6, 6.07) is 3.99. The van der Waals surface area contributed by atoms with Crippen molar-refractivity contribution in [2.45, 2.75) is 18.9 Å². The molecule has 0 aliphatic carbocycles. The van der Waals surface area contributed by atoms with Gasteiger partial charge < -0.3 is 15.8 Å². The number of hydrogen-bond donors (Lipinski definition) is 3. The second-order valence-electron chi connectivity index (χ2n) is 5.79. The minimum Gasteiger partial charge on any atom is -0.381 e. The first-order valence-corrected chi connectivity index (χ1v) is 7.69. The molecular formula is C16H19ClF2N4O2. The van der Waals surface area contributed by atoms with Crippen LogP contribution in [0.5, 0.6) is 0 Å². The quantitative estimate of drug-likeness (QED) is 0.768. The number of nitrogens with one attached hydrogen (secondary N) is 2. The van der Waals surface area contributed by atoms with E-state index in [0.29, 0.717) is 24.5 Å². The number of carbonyl (C=O) groups is 1. The number of H-pyrrole nitrogens is 1. The number of halogens is 3. The Hall–Kier alpha value is -2.03. The summed E-state index contributed by atoms with van der Waals surface area (Å²) in [5.41, 5.74) is 6.68. The minimum absolute atomic E-state index is 0. The molecule has 1 fully saturated rings. The van der Waals surface area contributed by atoms with Gasteiger partial charge in [0.2, 0.25) is 5.91 Å². The molecule has 1 amide bonds. The highest BCUT2D eigenvalue weighted by Gasteiger charge is 2.27. The molecule has 1 atom stereocenters. The minimum atomic E-state index is -0.688. The van der Waals surface area contributed by atoms with Gasteiger partial charge in [-0.2, -0.15) is 5.10 Å². The van der Waals surface area contributed by atoms with Crippen molar-refractivity contribution in [2.75, 3.05) is 18.5 Å². The molecule has 0 radical (unpaired) electrons. The number of rotatable bonds is 4. The first kappa shape index (κ1) is 19.3. The van der Waals surface area contributed by atoms with Crippen LogP contribution in [-0.4, -0.2) is 35.4 Å². The lowest BCUT2D eigenvalue weighted by Crippen LogP contribution is -2.44. The standard InChI is InChI=1S/C16H18F2N4O2.ClH/c17-11-5-10(6-12(18)7-11)13-8-14(22-21-13)20-16(23)15(19)9-1-3-24-4-2-9;/h5-9,15H,1-4,19H2,(H2,20,21,22,23);1H. The third kappa shape index (κ3) is 4.75. The number of nitrogens with two attached hydrogens (primary N) is 1. The summed E-state index contributed by atoms with van der Waals surface area (Å²) in [6.07, 6.45) is 1.48. The van der Waals surface area contributed by atoms with Crippen molar-refractivity contribution in [1.82, 2.24) is 10.2 Å². The molecule has 0 saturated carbocycles. The van der Waals surface area contributed by atoms with E-state index in [1.165, 1.54) is 18.2 Å². The van der Waals surface area contributed by atoms with Gasteiger partial charge in [-0.25, -0.2) is 8.78 Å². The molecule has 9 heteroatoms. The maximum Gasteiger partial charge on any atom is 0.242 e. The number of amides is 1. The number of benzene rings is 1. The average Bonchev–Trinajstić information content (AvgIpc) is 3.02. The maximum atomic E-state index is 13.3. The summed E-state index contributed by atoms with van der Waals surface area (Å²) in [6.45, 7) is 1.20. The van der Waals surface area contributed by atoms with E-state index in [9.17, 15) is 13.6 Å². The van der Waals surface area contributed by atoms with Gasteiger partial charge in [0.1, 0.15) is 11.6 Å². The van der Waals surface area contributed by atoms with Crippen LogP contribution in [-0.2, 0) is 9.53 Å². The zero-order chi connectivity index (χ0) is 17.1. The Morgan fingerprint density at radius 2 is 1.88 bits per heavy atom. The van der Waals surface area contributed by atoms with Gasteiger partial charge in [-0.3, -0.25) is 9.89 Å². The number of aromatic amines is 1. The number of nitrogens with zero attached hydrogens (tertiary/aromatic N) is 1. The maximum absolute atomic E-state index is 13.3. The summed E-state index contributed by atoms with van der Waals surface area (Å²) in [7, 11) is 0. The van der Waals surface area contributed by atoms with E-state index in [1.807, 2.05) is 0 Å². The zero-order valence-electron chi connectivity index (χ0n) is 13.3. The summed E-state index contributed by atoms with van der Waals surface area (Å²) < 4.78 is 31.8. The van der Waals surface area contributed by atoms with Crippen molar-refractivity contribution < 1.29 is 18.3 Å². The van der Waals surface area contributed by atoms with Crippen LogP contribution in [0.15, 0.2) is 24.3 Å². The fraction of sp³-hybridized carbons (Fsp3) is 0.375. The Labute approximate surface area is 149 Å². The fourth-order valence-electron chi connectivity index (χ4n) is 2.74. The summed E-state index contributed by atoms with van der Waals surface area (Å²) in [5.74, 6) is -1.40. The van der Waals surface area contributed by atoms with Crippen molar-refractivity contribution in [2.24, 2.45) is 11.7 Å². The lowest BCUT2D eigenvalue weighted by Gasteiger charge is -2.26. The van der Waals surface area contributed by atoms with Crippen LogP contribution in [0.1, 0.15) is 12.8 Å². The van der Waals surface area contributed by atoms with Crippen LogP contribution in [0, 0.1) is 17.6 Å². The number of anilines is 1. The van der Waals surface area contributed by atoms with Crippen LogP contribution in [0.4, 0.5) is 14.6 Å². The molecule has 2 heterocycles. The van der Waals surface area contributed by atoms with Gasteiger partial charge in [-0.1, -0.05) is 0 Å². The highest BCUT2D eigenvalue weighted by molar-refractivity contribution is 5.94. The van der Waals surface area contributed by atoms with Gasteiger partial charge in [-0.05, 0) is 30.9 Å². The third-order valence-electron chi connectivity index (χ3n) is 4.08. The van der Waals surface area contributed by atoms with E-state index in [4.69, 9.17) is 10.5 Å². The molecule has 0 bridgehead atoms. The molecule has 3 rings (SSSR count). The predicted molar refractivity (Wildman–Crippen MR) is 91.3 cm³/mol. The normalized spacial score (nSPS) is 16.1. The zero-order valence-corrected chi connectivity index (χ0v) is 14.1. The Bertz CT molecular complexity index is 714. The van der Waals surface area contributed by atoms with Gasteiger partial charge in [0.25, 0.3) is 0 Å². The van der Waals surface area contributed by atoms with E-state index < -0.39 is 17.7 Å². The van der Waals surface area contributed by atoms with E-state index in [-0.39, 0.29) is 30.0 Å². The lowest BCUT2D eigenvalue weighted by atomic mass is 9.92. The Morgan fingerprint density at radius 1 is 1.24 bits per heavy atom. The van der Waals surface area contributed by atoms with E-state index in [0.717, 1.165) is 18.9 Å². The average molecular weight is 373 g/mol. The SMILES string of the molecule is Cl.NC(C(=O)Nc1cc(-c2cc(F)cc(F)c2)[nH]n1)C1CCOCC1. The van der Waals surface area contributed by atoms with Crippen LogP contribution >= 0.6 is 12.4 Å². The van der Waals surface area contributed by atoms with Crippen molar-refractivity contribution >= 4 is 24.1 Å². The van der Waals surface area contributed by atoms with Gasteiger partial charge in [0.15, 0.2) is 5.82 Å². The van der Waals surface area contributed by atoms with Crippen molar-refractivity contribution in [3.63, 3.8) is 0 Å². The third-order valence-corrected chi connectivity index (χ3v) is 4.08. The van der Waals surface area contributed by atoms with Gasteiger partial charge >= 0.3 is 0 Å². The topological polar surface area (TPSA) is 93.0 Å². The molecule has 1 aromatic heterocycles. The van der Waals surface area contributed by atoms with Crippen LogP contribution in [0.25, 0.3) is 11.3 Å². The van der Waals surface area contributed by atoms with Crippen molar-refractivity contribution in [1.29, 1.82) is 0 Å². The number of hydrogen-bond acceptors (Lipinski definition) is 4. The first-order chi connectivity index (χ1) is 11.5. The molecule has 1 aromatic carbocycles. The lowest BCUT2D eigenvalue weighted by molar-refractivity contribution is -0.119. The first-order valence-electron chi connectivity index (χ1n) is 7.69. The molecule has 2 aromatic rings. The van der Waals surface area contributed by atoms with Gasteiger partial charge in [-0.15, -0.1) is 12.4 Å². The summed E-state index contributed by atoms with van der Waals surface area (Å²) in [4.78, 5) is 12.2. The number of ether oxygens (including phenoxy) is 1. The molecular weight excluding hydrogens is 354 g/mol. The van der Waals surface area contributed by atoms with Crippen LogP contribution in [0.2, 0.25) is 0 Å². The molecule has 136 valence electrons. The van der Waals surface area contributed by atoms with E-state index in [1.54, 1.807) is 0 Å².